The Kier molecular flexibility index (Phi) is 16.1. The molecular weight excluding hydrogens is 696 g/mol. The number of ether oxygens (including phenoxy) is 1. The van der Waals surface area contributed by atoms with Gasteiger partial charge in [0.15, 0.2) is 17.5 Å². The summed E-state index contributed by atoms with van der Waals surface area (Å²) in [4.78, 5) is 82.2. The Morgan fingerprint density at radius 2 is 1.59 bits per heavy atom. The zero-order chi connectivity index (χ0) is 39.6. The lowest BCUT2D eigenvalue weighted by Gasteiger charge is -2.18. The third-order valence-electron chi connectivity index (χ3n) is 7.74. The maximum absolute atomic E-state index is 13.1. The van der Waals surface area contributed by atoms with Crippen molar-refractivity contribution in [2.24, 2.45) is 21.5 Å². The zero-order valence-electron chi connectivity index (χ0n) is 30.1. The van der Waals surface area contributed by atoms with Crippen LogP contribution in [0.15, 0.2) is 77.2 Å². The first-order chi connectivity index (χ1) is 25.7. The number of aryl methyl sites for hydroxylation is 2. The predicted octanol–water partition coefficient (Wildman–Crippen LogP) is 3.60. The molecule has 1 atom stereocenters. The maximum atomic E-state index is 13.1. The number of carboxylic acids is 1. The topological polar surface area (TPSA) is 257 Å². The summed E-state index contributed by atoms with van der Waals surface area (Å²) in [6, 6.07) is 14.3. The number of aliphatic imine (C=N–C) groups is 2. The lowest BCUT2D eigenvalue weighted by atomic mass is 10.0. The van der Waals surface area contributed by atoms with Gasteiger partial charge in [0.05, 0.1) is 24.5 Å². The average Bonchev–Trinajstić information content (AvgIpc) is 3.11. The van der Waals surface area contributed by atoms with E-state index in [1.807, 2.05) is 0 Å². The van der Waals surface area contributed by atoms with E-state index in [0.717, 1.165) is 0 Å². The Labute approximate surface area is 312 Å². The summed E-state index contributed by atoms with van der Waals surface area (Å²) in [7, 11) is 0. The predicted molar refractivity (Wildman–Crippen MR) is 204 cm³/mol. The highest BCUT2D eigenvalue weighted by atomic mass is 16.5. The fourth-order valence-electron chi connectivity index (χ4n) is 5.14. The Morgan fingerprint density at radius 1 is 0.889 bits per heavy atom. The summed E-state index contributed by atoms with van der Waals surface area (Å²) in [5.74, 6) is -0.290. The average molecular weight is 741 g/mol. The molecule has 0 heterocycles. The van der Waals surface area contributed by atoms with Crippen molar-refractivity contribution in [3.05, 3.63) is 89.5 Å². The third-order valence-corrected chi connectivity index (χ3v) is 7.74. The Hall–Kier alpha value is -6.80. The van der Waals surface area contributed by atoms with Crippen LogP contribution in [-0.2, 0) is 14.4 Å². The van der Waals surface area contributed by atoms with Crippen molar-refractivity contribution in [2.45, 2.75) is 52.0 Å². The number of rotatable bonds is 20. The van der Waals surface area contributed by atoms with Gasteiger partial charge in [-0.25, -0.2) is 19.6 Å². The molecular formula is C38H44N8O8. The van der Waals surface area contributed by atoms with E-state index in [4.69, 9.17) is 16.2 Å². The van der Waals surface area contributed by atoms with Gasteiger partial charge in [0, 0.05) is 42.6 Å². The van der Waals surface area contributed by atoms with E-state index in [0.29, 0.717) is 59.0 Å². The van der Waals surface area contributed by atoms with Crippen molar-refractivity contribution in [1.29, 1.82) is 0 Å². The minimum Gasteiger partial charge on any atom is -0.494 e. The quantitative estimate of drug-likeness (QED) is 0.0383. The highest BCUT2D eigenvalue weighted by molar-refractivity contribution is 6.00. The number of carbonyl (C=O) groups excluding carboxylic acids is 5. The fraction of sp³-hybridized carbons (Fsp3) is 0.289. The number of benzene rings is 3. The minimum absolute atomic E-state index is 0.122. The van der Waals surface area contributed by atoms with Crippen molar-refractivity contribution in [3.63, 3.8) is 0 Å². The molecule has 3 rings (SSSR count). The summed E-state index contributed by atoms with van der Waals surface area (Å²) >= 11 is 0. The highest BCUT2D eigenvalue weighted by Gasteiger charge is 2.24. The normalized spacial score (nSPS) is 10.9. The lowest BCUT2D eigenvalue weighted by molar-refractivity contribution is -0.139. The molecule has 0 radical (unpaired) electrons. The number of guanidine groups is 1. The largest absolute Gasteiger partial charge is 0.494 e. The first-order valence-corrected chi connectivity index (χ1v) is 16.9. The van der Waals surface area contributed by atoms with E-state index in [2.05, 4.69) is 43.7 Å². The van der Waals surface area contributed by atoms with Gasteiger partial charge in [0.1, 0.15) is 11.8 Å². The third kappa shape index (κ3) is 14.1. The first-order valence-electron chi connectivity index (χ1n) is 16.9. The number of aliphatic carboxylic acids is 1. The second-order valence-electron chi connectivity index (χ2n) is 12.1. The van der Waals surface area contributed by atoms with E-state index in [9.17, 15) is 33.9 Å². The number of nitrogens with zero attached hydrogens (tertiary/aromatic N) is 2. The van der Waals surface area contributed by atoms with Crippen molar-refractivity contribution in [2.75, 3.05) is 25.0 Å². The molecule has 0 spiro atoms. The van der Waals surface area contributed by atoms with Crippen LogP contribution >= 0.6 is 0 Å². The zero-order valence-corrected chi connectivity index (χ0v) is 30.1. The van der Waals surface area contributed by atoms with Gasteiger partial charge in [-0.05, 0) is 98.8 Å². The Bertz CT molecular complexity index is 1910. The summed E-state index contributed by atoms with van der Waals surface area (Å²) < 4.78 is 5.83. The van der Waals surface area contributed by atoms with Crippen LogP contribution < -0.4 is 37.5 Å². The molecule has 0 bridgehead atoms. The van der Waals surface area contributed by atoms with Crippen LogP contribution in [0.4, 0.5) is 21.9 Å². The molecule has 0 saturated heterocycles. The second kappa shape index (κ2) is 20.9. The lowest BCUT2D eigenvalue weighted by Crippen LogP contribution is -2.48. The molecule has 0 fully saturated rings. The molecule has 4 amide bonds. The van der Waals surface area contributed by atoms with Crippen molar-refractivity contribution < 1.29 is 38.6 Å². The number of nitrogens with two attached hydrogens (primary N) is 2. The van der Waals surface area contributed by atoms with Crippen LogP contribution in [0, 0.1) is 13.8 Å². The molecule has 9 N–H and O–H groups in total. The van der Waals surface area contributed by atoms with E-state index < -0.39 is 36.4 Å². The van der Waals surface area contributed by atoms with Crippen LogP contribution in [0.25, 0.3) is 0 Å². The van der Waals surface area contributed by atoms with E-state index in [-0.39, 0.29) is 48.9 Å². The molecule has 3 aromatic rings. The van der Waals surface area contributed by atoms with Gasteiger partial charge in [0.2, 0.25) is 5.91 Å². The number of Topliss-reactive ketones (excluding diaryl/α,β-unsaturated/α-hetero) is 2. The van der Waals surface area contributed by atoms with Gasteiger partial charge < -0.3 is 42.6 Å². The van der Waals surface area contributed by atoms with E-state index in [1.54, 1.807) is 68.4 Å². The number of carbonyl (C=O) groups is 6. The van der Waals surface area contributed by atoms with Gasteiger partial charge in [0.25, 0.3) is 5.91 Å². The van der Waals surface area contributed by atoms with Gasteiger partial charge in [-0.15, -0.1) is 0 Å². The maximum Gasteiger partial charge on any atom is 0.328 e. The summed E-state index contributed by atoms with van der Waals surface area (Å²) in [6.45, 7) is 6.55. The standard InChI is InChI=1S/C38H44N8O8/c1-4-41-26-11-13-27(14-12-26)45-38(53)43-21-29(47)10-5-6-17-54-30-18-23(2)34(24(3)19-30)35(50)46-31(36(51)52)22-42-33(49)16-15-32(48)25-8-7-9-28(20-25)44-37(39)40/h7-9,11-14,18-20,31H,1,5-6,10,15-17,21-22H2,2-3H3,(H,42,49)(H,46,50)(H,51,52)(H4,39,40,44)(H2,43,45,53). The molecule has 16 nitrogen and oxygen atoms in total. The number of hydrogen-bond acceptors (Lipinski definition) is 9. The summed E-state index contributed by atoms with van der Waals surface area (Å²) in [5, 5.41) is 19.8. The number of urea groups is 1. The van der Waals surface area contributed by atoms with Crippen molar-refractivity contribution >= 4 is 64.3 Å². The molecule has 0 aliphatic carbocycles. The van der Waals surface area contributed by atoms with E-state index in [1.165, 1.54) is 6.07 Å². The number of hydrogen-bond donors (Lipinski definition) is 7. The Balaban J connectivity index is 1.39. The van der Waals surface area contributed by atoms with Gasteiger partial charge in [-0.3, -0.25) is 19.2 Å². The minimum atomic E-state index is -1.44. The molecule has 284 valence electrons. The number of nitrogens with one attached hydrogen (secondary N) is 4. The van der Waals surface area contributed by atoms with E-state index >= 15 is 0 Å². The van der Waals surface area contributed by atoms with Crippen LogP contribution in [-0.4, -0.2) is 78.1 Å². The van der Waals surface area contributed by atoms with Crippen molar-refractivity contribution in [3.8, 4) is 5.75 Å². The summed E-state index contributed by atoms with van der Waals surface area (Å²) in [6.07, 6.45) is 0.986. The molecule has 0 aromatic heterocycles. The Morgan fingerprint density at radius 3 is 2.24 bits per heavy atom. The highest BCUT2D eigenvalue weighted by Crippen LogP contribution is 2.23. The summed E-state index contributed by atoms with van der Waals surface area (Å²) in [5.41, 5.74) is 14.0. The van der Waals surface area contributed by atoms with Crippen molar-refractivity contribution in [1.82, 2.24) is 16.0 Å². The number of amides is 4. The smallest absolute Gasteiger partial charge is 0.328 e. The fourth-order valence-corrected chi connectivity index (χ4v) is 5.14. The molecule has 54 heavy (non-hydrogen) atoms. The number of unbranched alkanes of at least 4 members (excludes halogenated alkanes) is 1. The van der Waals surface area contributed by atoms with Crippen LogP contribution in [0.5, 0.6) is 5.75 Å². The number of ketones is 2. The van der Waals surface area contributed by atoms with Crippen LogP contribution in [0.2, 0.25) is 0 Å². The monoisotopic (exact) mass is 740 g/mol. The number of anilines is 1. The van der Waals surface area contributed by atoms with Crippen LogP contribution in [0.1, 0.15) is 63.9 Å². The molecule has 0 aliphatic rings. The van der Waals surface area contributed by atoms with Gasteiger partial charge >= 0.3 is 12.0 Å². The first kappa shape index (κ1) is 41.6. The molecule has 1 unspecified atom stereocenters. The molecule has 16 heteroatoms. The SMILES string of the molecule is C=C=Nc1ccc(NC(=O)NCC(=O)CCCCOc2cc(C)c(C(=O)NC(CNC(=O)CCC(=O)c3cccc(N=C(N)N)c3)C(=O)O)c(C)c2)cc1. The van der Waals surface area contributed by atoms with Crippen LogP contribution in [0.3, 0.4) is 0 Å². The van der Waals surface area contributed by atoms with Gasteiger partial charge in [-0.1, -0.05) is 12.1 Å². The molecule has 0 saturated carbocycles. The molecule has 3 aromatic carbocycles. The molecule has 0 aliphatic heterocycles. The van der Waals surface area contributed by atoms with Gasteiger partial charge in [-0.2, -0.15) is 0 Å². The number of carboxylic acid groups (broad SMARTS) is 1. The second-order valence-corrected chi connectivity index (χ2v) is 12.1.